The molecular weight excluding hydrogens is 909 g/mol. The van der Waals surface area contributed by atoms with Gasteiger partial charge in [-0.05, 0) is 69.1 Å². The molecular formula is C42H36BF20N. The van der Waals surface area contributed by atoms with Crippen molar-refractivity contribution in [3.05, 3.63) is 116 Å². The minimum Gasteiger partial charge on any atom is -0.330 e. The average Bonchev–Trinajstić information content (AvgIpc) is 3.25. The first-order valence-electron chi connectivity index (χ1n) is 19.6. The van der Waals surface area contributed by atoms with E-state index in [0.717, 1.165) is 12.1 Å². The highest BCUT2D eigenvalue weighted by molar-refractivity contribution is 7.20. The van der Waals surface area contributed by atoms with Crippen LogP contribution in [0.25, 0.3) is 0 Å². The minimum absolute atomic E-state index is 0.615. The van der Waals surface area contributed by atoms with Crippen LogP contribution in [0.4, 0.5) is 87.8 Å². The number of rotatable bonds is 7. The SMILES string of the molecule is CC[NH+](C1CCC(C)(C)CC1)C1CCC(C)(C)CC1.Fc1c(F)c(F)c([B-](c2c(F)c(F)c(F)c(F)c2F)(c2c(F)c(F)c(F)c(F)c2F)c2c(F)c(F)c(F)c(F)c2F)c(F)c1F. The summed E-state index contributed by atoms with van der Waals surface area (Å²) in [5, 5.41) is 0. The summed E-state index contributed by atoms with van der Waals surface area (Å²) >= 11 is 0. The molecule has 2 fully saturated rings. The van der Waals surface area contributed by atoms with E-state index in [1.165, 1.54) is 57.9 Å². The molecule has 0 spiro atoms. The highest BCUT2D eigenvalue weighted by atomic mass is 19.2. The molecule has 2 aliphatic rings. The Morgan fingerprint density at radius 3 is 0.641 bits per heavy atom. The second-order valence-electron chi connectivity index (χ2n) is 17.6. The molecule has 1 nitrogen and oxygen atoms in total. The van der Waals surface area contributed by atoms with Gasteiger partial charge in [0.05, 0.1) is 18.6 Å². The van der Waals surface area contributed by atoms with Crippen LogP contribution in [-0.2, 0) is 0 Å². The quantitative estimate of drug-likeness (QED) is 0.0816. The normalized spacial score (nSPS) is 17.0. The zero-order valence-corrected chi connectivity index (χ0v) is 34.2. The van der Waals surface area contributed by atoms with Crippen molar-refractivity contribution in [1.29, 1.82) is 0 Å². The average molecular weight is 946 g/mol. The van der Waals surface area contributed by atoms with Crippen molar-refractivity contribution >= 4 is 28.0 Å². The maximum absolute atomic E-state index is 15.4. The molecule has 4 aromatic rings. The highest BCUT2D eigenvalue weighted by Gasteiger charge is 2.52. The molecule has 6 rings (SSSR count). The topological polar surface area (TPSA) is 4.44 Å². The summed E-state index contributed by atoms with van der Waals surface area (Å²) in [5.74, 6) is -71.4. The van der Waals surface area contributed by atoms with Crippen LogP contribution in [0.1, 0.15) is 86.0 Å². The van der Waals surface area contributed by atoms with Crippen molar-refractivity contribution in [1.82, 2.24) is 0 Å². The smallest absolute Gasteiger partial charge is 0.200 e. The summed E-state index contributed by atoms with van der Waals surface area (Å²) in [7, 11) is 0. The van der Waals surface area contributed by atoms with E-state index < -0.39 is 144 Å². The summed E-state index contributed by atoms with van der Waals surface area (Å²) in [4.78, 5) is 1.95. The fraction of sp³-hybridized carbons (Fsp3) is 0.429. The van der Waals surface area contributed by atoms with Gasteiger partial charge >= 0.3 is 0 Å². The maximum atomic E-state index is 15.4. The predicted octanol–water partition coefficient (Wildman–Crippen LogP) is 9.67. The third-order valence-corrected chi connectivity index (χ3v) is 12.8. The van der Waals surface area contributed by atoms with Crippen LogP contribution in [0.3, 0.4) is 0 Å². The Kier molecular flexibility index (Phi) is 14.3. The molecule has 1 N–H and O–H groups in total. The van der Waals surface area contributed by atoms with Gasteiger partial charge in [-0.2, -0.15) is 0 Å². The molecule has 22 heteroatoms. The Balaban J connectivity index is 0.000000337. The lowest BCUT2D eigenvalue weighted by Gasteiger charge is -2.44. The zero-order chi connectivity index (χ0) is 48.5. The molecule has 352 valence electrons. The molecule has 0 saturated heterocycles. The molecule has 0 atom stereocenters. The Labute approximate surface area is 352 Å². The van der Waals surface area contributed by atoms with Crippen molar-refractivity contribution in [2.75, 3.05) is 6.54 Å². The van der Waals surface area contributed by atoms with Crippen molar-refractivity contribution in [2.45, 2.75) is 98.1 Å². The Morgan fingerprint density at radius 2 is 0.484 bits per heavy atom. The van der Waals surface area contributed by atoms with Gasteiger partial charge in [0, 0.05) is 0 Å². The van der Waals surface area contributed by atoms with Crippen molar-refractivity contribution in [3.63, 3.8) is 0 Å². The van der Waals surface area contributed by atoms with E-state index in [0.29, 0.717) is 10.8 Å². The van der Waals surface area contributed by atoms with Crippen LogP contribution in [0.2, 0.25) is 0 Å². The number of nitrogens with one attached hydrogen (secondary N) is 1. The fourth-order valence-electron chi connectivity index (χ4n) is 9.33. The molecule has 0 aliphatic heterocycles. The van der Waals surface area contributed by atoms with Crippen molar-refractivity contribution in [2.24, 2.45) is 10.8 Å². The highest BCUT2D eigenvalue weighted by Crippen LogP contribution is 2.37. The molecule has 2 saturated carbocycles. The molecule has 2 aliphatic carbocycles. The third-order valence-electron chi connectivity index (χ3n) is 12.8. The Bertz CT molecular complexity index is 2060. The van der Waals surface area contributed by atoms with Gasteiger partial charge in [0.25, 0.3) is 0 Å². The van der Waals surface area contributed by atoms with Gasteiger partial charge in [0.2, 0.25) is 0 Å². The molecule has 4 aromatic carbocycles. The number of hydrogen-bond donors (Lipinski definition) is 1. The lowest BCUT2D eigenvalue weighted by molar-refractivity contribution is -0.951. The van der Waals surface area contributed by atoms with Crippen LogP contribution in [0, 0.1) is 127 Å². The number of benzene rings is 4. The molecule has 0 amide bonds. The molecule has 0 aromatic heterocycles. The molecule has 0 bridgehead atoms. The van der Waals surface area contributed by atoms with E-state index in [1.54, 1.807) is 0 Å². The number of quaternary nitrogens is 1. The van der Waals surface area contributed by atoms with Gasteiger partial charge in [-0.25, -0.2) is 87.8 Å². The van der Waals surface area contributed by atoms with Gasteiger partial charge in [-0.15, -0.1) is 21.9 Å². The summed E-state index contributed by atoms with van der Waals surface area (Å²) in [6.07, 6.45) is 4.43. The molecule has 0 unspecified atom stereocenters. The first-order chi connectivity index (χ1) is 29.5. The van der Waals surface area contributed by atoms with E-state index in [2.05, 4.69) is 34.6 Å². The van der Waals surface area contributed by atoms with Crippen LogP contribution in [0.5, 0.6) is 0 Å². The first-order valence-corrected chi connectivity index (χ1v) is 19.6. The molecule has 0 heterocycles. The monoisotopic (exact) mass is 945 g/mol. The summed E-state index contributed by atoms with van der Waals surface area (Å²) in [6.45, 7) is 13.6. The van der Waals surface area contributed by atoms with Gasteiger partial charge in [-0.3, -0.25) is 0 Å². The Morgan fingerprint density at radius 1 is 0.328 bits per heavy atom. The van der Waals surface area contributed by atoms with E-state index in [1.807, 2.05) is 4.90 Å². The first kappa shape index (κ1) is 50.5. The van der Waals surface area contributed by atoms with Gasteiger partial charge in [0.15, 0.2) is 69.8 Å². The summed E-state index contributed by atoms with van der Waals surface area (Å²) in [6, 6.07) is 1.92. The lowest BCUT2D eigenvalue weighted by atomic mass is 9.12. The third kappa shape index (κ3) is 8.21. The van der Waals surface area contributed by atoms with E-state index in [9.17, 15) is 52.7 Å². The molecule has 64 heavy (non-hydrogen) atoms. The fourth-order valence-corrected chi connectivity index (χ4v) is 9.33. The van der Waals surface area contributed by atoms with Crippen LogP contribution in [-0.4, -0.2) is 24.8 Å². The zero-order valence-electron chi connectivity index (χ0n) is 34.2. The standard InChI is InChI=1S/C24BF20.C18H35N/c26-5-1(6(27)14(35)21(42)13(5)34)25(2-7(28)15(36)22(43)16(37)8(2)29,3-9(30)17(38)23(44)18(39)10(3)31)4-11(32)19(40)24(45)20(41)12(4)33;1-6-19(15-7-11-17(2,3)12-8-15)16-9-13-18(4,5)14-10-16/h;15-16H,6-14H2,1-5H3/q-1;/p+1. The largest absolute Gasteiger partial charge is 0.330 e. The maximum Gasteiger partial charge on any atom is 0.200 e. The van der Waals surface area contributed by atoms with E-state index >= 15 is 35.1 Å². The van der Waals surface area contributed by atoms with Gasteiger partial charge in [-0.1, -0.05) is 27.7 Å². The summed E-state index contributed by atoms with van der Waals surface area (Å²) in [5.41, 5.74) is -13.1. The second kappa shape index (κ2) is 18.1. The summed E-state index contributed by atoms with van der Waals surface area (Å²) < 4.78 is 294. The van der Waals surface area contributed by atoms with E-state index in [4.69, 9.17) is 0 Å². The predicted molar refractivity (Wildman–Crippen MR) is 193 cm³/mol. The minimum atomic E-state index is -7.22. The van der Waals surface area contributed by atoms with Crippen molar-refractivity contribution in [3.8, 4) is 0 Å². The Hall–Kier alpha value is -4.50. The lowest BCUT2D eigenvalue weighted by Crippen LogP contribution is -3.19. The van der Waals surface area contributed by atoms with Crippen LogP contribution >= 0.6 is 0 Å². The van der Waals surface area contributed by atoms with Gasteiger partial charge in [0.1, 0.15) is 52.7 Å². The second-order valence-corrected chi connectivity index (χ2v) is 17.6. The number of hydrogen-bond acceptors (Lipinski definition) is 0. The molecule has 0 radical (unpaired) electrons. The van der Waals surface area contributed by atoms with Crippen LogP contribution < -0.4 is 26.8 Å². The van der Waals surface area contributed by atoms with E-state index in [-0.39, 0.29) is 0 Å². The van der Waals surface area contributed by atoms with Crippen LogP contribution in [0.15, 0.2) is 0 Å². The number of halogens is 20. The van der Waals surface area contributed by atoms with Crippen molar-refractivity contribution < 1.29 is 92.7 Å². The van der Waals surface area contributed by atoms with Gasteiger partial charge < -0.3 is 4.90 Å².